The fourth-order valence-electron chi connectivity index (χ4n) is 2.71. The molecule has 0 N–H and O–H groups in total. The molecule has 20 heavy (non-hydrogen) atoms. The lowest BCUT2D eigenvalue weighted by Crippen LogP contribution is -2.37. The third-order valence-electron chi connectivity index (χ3n) is 4.16. The number of halogens is 2. The van der Waals surface area contributed by atoms with E-state index in [0.29, 0.717) is 31.9 Å². The van der Waals surface area contributed by atoms with Gasteiger partial charge in [0, 0.05) is 24.9 Å². The first-order valence-corrected chi connectivity index (χ1v) is 6.46. The molecule has 1 aromatic rings. The van der Waals surface area contributed by atoms with Gasteiger partial charge in [-0.25, -0.2) is 8.78 Å². The summed E-state index contributed by atoms with van der Waals surface area (Å²) >= 11 is 0. The molecule has 1 saturated carbocycles. The monoisotopic (exact) mass is 286 g/mol. The first kappa shape index (κ1) is 13.3. The Morgan fingerprint density at radius 2 is 1.50 bits per heavy atom. The Morgan fingerprint density at radius 1 is 1.00 bits per heavy atom. The summed E-state index contributed by atoms with van der Waals surface area (Å²) < 4.78 is 36.7. The minimum absolute atomic E-state index is 0.0116. The second-order valence-electron chi connectivity index (χ2n) is 5.26. The smallest absolute Gasteiger partial charge is 0.324 e. The first-order chi connectivity index (χ1) is 9.49. The SMILES string of the molecule is COc1nc(OC)nc(N2CCC3(CC2)CC3(F)F)n1. The van der Waals surface area contributed by atoms with Crippen molar-refractivity contribution in [3.8, 4) is 12.0 Å². The van der Waals surface area contributed by atoms with Gasteiger partial charge in [-0.1, -0.05) is 0 Å². The maximum Gasteiger partial charge on any atom is 0.324 e. The third-order valence-corrected chi connectivity index (χ3v) is 4.16. The van der Waals surface area contributed by atoms with Gasteiger partial charge in [-0.2, -0.15) is 9.97 Å². The highest BCUT2D eigenvalue weighted by molar-refractivity contribution is 5.34. The summed E-state index contributed by atoms with van der Waals surface area (Å²) in [6, 6.07) is 0.313. The summed E-state index contributed by atoms with van der Waals surface area (Å²) in [5, 5.41) is 0. The summed E-state index contributed by atoms with van der Waals surface area (Å²) in [7, 11) is 2.91. The zero-order valence-corrected chi connectivity index (χ0v) is 11.4. The van der Waals surface area contributed by atoms with Gasteiger partial charge in [-0.15, -0.1) is 4.98 Å². The number of rotatable bonds is 3. The molecule has 1 aliphatic heterocycles. The minimum Gasteiger partial charge on any atom is -0.467 e. The molecule has 0 bridgehead atoms. The number of hydrogen-bond donors (Lipinski definition) is 0. The molecule has 0 amide bonds. The van der Waals surface area contributed by atoms with Crippen LogP contribution in [0.25, 0.3) is 0 Å². The molecule has 6 nitrogen and oxygen atoms in total. The fraction of sp³-hybridized carbons (Fsp3) is 0.750. The van der Waals surface area contributed by atoms with Crippen LogP contribution in [0.4, 0.5) is 14.7 Å². The maximum absolute atomic E-state index is 13.3. The van der Waals surface area contributed by atoms with Gasteiger partial charge in [0.05, 0.1) is 14.2 Å². The van der Waals surface area contributed by atoms with E-state index in [1.54, 1.807) is 0 Å². The highest BCUT2D eigenvalue weighted by Gasteiger charge is 2.70. The summed E-state index contributed by atoms with van der Waals surface area (Å²) in [5.74, 6) is -2.08. The number of alkyl halides is 2. The lowest BCUT2D eigenvalue weighted by Gasteiger charge is -2.32. The summed E-state index contributed by atoms with van der Waals surface area (Å²) in [6.07, 6.45) is 0.921. The molecular formula is C12H16F2N4O2. The van der Waals surface area contributed by atoms with E-state index in [2.05, 4.69) is 15.0 Å². The molecule has 1 spiro atoms. The van der Waals surface area contributed by atoms with Gasteiger partial charge < -0.3 is 14.4 Å². The average Bonchev–Trinajstić information content (AvgIpc) is 2.99. The lowest BCUT2D eigenvalue weighted by atomic mass is 9.93. The van der Waals surface area contributed by atoms with Gasteiger partial charge in [-0.3, -0.25) is 0 Å². The highest BCUT2D eigenvalue weighted by atomic mass is 19.3. The van der Waals surface area contributed by atoms with E-state index >= 15 is 0 Å². The molecule has 110 valence electrons. The number of anilines is 1. The van der Waals surface area contributed by atoms with E-state index in [0.717, 1.165) is 0 Å². The summed E-state index contributed by atoms with van der Waals surface area (Å²) in [5.41, 5.74) is -0.787. The number of aromatic nitrogens is 3. The Labute approximate surface area is 115 Å². The largest absolute Gasteiger partial charge is 0.467 e. The molecule has 0 unspecified atom stereocenters. The van der Waals surface area contributed by atoms with Crippen molar-refractivity contribution < 1.29 is 18.3 Å². The number of methoxy groups -OCH3 is 2. The van der Waals surface area contributed by atoms with E-state index in [1.807, 2.05) is 4.90 Å². The predicted octanol–water partition coefficient (Wildman–Crippen LogP) is 1.51. The van der Waals surface area contributed by atoms with E-state index < -0.39 is 11.3 Å². The van der Waals surface area contributed by atoms with E-state index in [9.17, 15) is 8.78 Å². The van der Waals surface area contributed by atoms with Crippen molar-refractivity contribution in [2.75, 3.05) is 32.2 Å². The molecule has 1 aromatic heterocycles. The molecule has 1 saturated heterocycles. The Bertz CT molecular complexity index is 496. The van der Waals surface area contributed by atoms with Crippen LogP contribution in [0.1, 0.15) is 19.3 Å². The van der Waals surface area contributed by atoms with Gasteiger partial charge in [0.15, 0.2) is 0 Å². The van der Waals surface area contributed by atoms with Gasteiger partial charge in [0.1, 0.15) is 0 Å². The Kier molecular flexibility index (Phi) is 2.91. The molecule has 0 aromatic carbocycles. The molecule has 2 heterocycles. The van der Waals surface area contributed by atoms with Crippen LogP contribution < -0.4 is 14.4 Å². The zero-order chi connectivity index (χ0) is 14.4. The van der Waals surface area contributed by atoms with Crippen molar-refractivity contribution in [1.29, 1.82) is 0 Å². The molecule has 0 radical (unpaired) electrons. The molecule has 8 heteroatoms. The van der Waals surface area contributed by atoms with Gasteiger partial charge in [-0.05, 0) is 12.8 Å². The van der Waals surface area contributed by atoms with Crippen molar-refractivity contribution in [3.05, 3.63) is 0 Å². The molecule has 0 atom stereocenters. The van der Waals surface area contributed by atoms with Crippen molar-refractivity contribution >= 4 is 5.95 Å². The van der Waals surface area contributed by atoms with Crippen LogP contribution in [0.3, 0.4) is 0 Å². The predicted molar refractivity (Wildman–Crippen MR) is 66.4 cm³/mol. The van der Waals surface area contributed by atoms with Crippen molar-refractivity contribution in [2.24, 2.45) is 5.41 Å². The van der Waals surface area contributed by atoms with Crippen molar-refractivity contribution in [3.63, 3.8) is 0 Å². The molecule has 2 aliphatic rings. The fourth-order valence-corrected chi connectivity index (χ4v) is 2.71. The Morgan fingerprint density at radius 3 is 1.90 bits per heavy atom. The topological polar surface area (TPSA) is 60.4 Å². The quantitative estimate of drug-likeness (QED) is 0.839. The third kappa shape index (κ3) is 2.03. The van der Waals surface area contributed by atoms with Crippen molar-refractivity contribution in [1.82, 2.24) is 15.0 Å². The second kappa shape index (κ2) is 4.39. The number of hydrogen-bond acceptors (Lipinski definition) is 6. The van der Waals surface area contributed by atoms with E-state index in [1.165, 1.54) is 14.2 Å². The summed E-state index contributed by atoms with van der Waals surface area (Å²) in [6.45, 7) is 1.01. The minimum atomic E-state index is -2.49. The first-order valence-electron chi connectivity index (χ1n) is 6.46. The van der Waals surface area contributed by atoms with Crippen LogP contribution >= 0.6 is 0 Å². The molecule has 3 rings (SSSR count). The van der Waals surface area contributed by atoms with Crippen LogP contribution in [0.5, 0.6) is 12.0 Å². The average molecular weight is 286 g/mol. The van der Waals surface area contributed by atoms with Gasteiger partial charge >= 0.3 is 12.0 Å². The van der Waals surface area contributed by atoms with Crippen LogP contribution in [-0.2, 0) is 0 Å². The number of piperidine rings is 1. The van der Waals surface area contributed by atoms with Crippen LogP contribution in [0, 0.1) is 5.41 Å². The normalized spacial score (nSPS) is 22.7. The number of ether oxygens (including phenoxy) is 2. The van der Waals surface area contributed by atoms with Crippen LogP contribution in [0.2, 0.25) is 0 Å². The lowest BCUT2D eigenvalue weighted by molar-refractivity contribution is 0.0535. The highest BCUT2D eigenvalue weighted by Crippen LogP contribution is 2.65. The summed E-state index contributed by atoms with van der Waals surface area (Å²) in [4.78, 5) is 14.1. The molecular weight excluding hydrogens is 270 g/mol. The van der Waals surface area contributed by atoms with Crippen molar-refractivity contribution in [2.45, 2.75) is 25.2 Å². The number of nitrogens with zero attached hydrogens (tertiary/aromatic N) is 4. The van der Waals surface area contributed by atoms with E-state index in [-0.39, 0.29) is 18.4 Å². The standard InChI is InChI=1S/C12H16F2N4O2/c1-19-9-15-8(16-10(17-9)20-2)18-5-3-11(4-6-18)7-12(11,13)14/h3-7H2,1-2H3. The van der Waals surface area contributed by atoms with Crippen LogP contribution in [0.15, 0.2) is 0 Å². The second-order valence-corrected chi connectivity index (χ2v) is 5.26. The van der Waals surface area contributed by atoms with E-state index in [4.69, 9.17) is 9.47 Å². The molecule has 1 aliphatic carbocycles. The Hall–Kier alpha value is -1.73. The molecule has 2 fully saturated rings. The zero-order valence-electron chi connectivity index (χ0n) is 11.4. The Balaban J connectivity index is 1.75. The maximum atomic E-state index is 13.3. The van der Waals surface area contributed by atoms with Gasteiger partial charge in [0.25, 0.3) is 5.92 Å². The van der Waals surface area contributed by atoms with Crippen LogP contribution in [-0.4, -0.2) is 48.2 Å². The van der Waals surface area contributed by atoms with Gasteiger partial charge in [0.2, 0.25) is 5.95 Å².